The molecule has 17 heavy (non-hydrogen) atoms. The fourth-order valence-corrected chi connectivity index (χ4v) is 1.99. The highest BCUT2D eigenvalue weighted by Gasteiger charge is 2.41. The maximum atomic E-state index is 13.5. The van der Waals surface area contributed by atoms with Crippen LogP contribution in [0.2, 0.25) is 0 Å². The van der Waals surface area contributed by atoms with E-state index in [0.717, 1.165) is 18.4 Å². The van der Waals surface area contributed by atoms with E-state index >= 15 is 0 Å². The summed E-state index contributed by atoms with van der Waals surface area (Å²) in [6.07, 6.45) is 1.79. The first-order chi connectivity index (χ1) is 7.89. The van der Waals surface area contributed by atoms with Crippen molar-refractivity contribution in [1.29, 1.82) is 0 Å². The molecule has 4 heteroatoms. The van der Waals surface area contributed by atoms with Gasteiger partial charge in [0.2, 0.25) is 0 Å². The van der Waals surface area contributed by atoms with Gasteiger partial charge in [0.05, 0.1) is 5.60 Å². The van der Waals surface area contributed by atoms with E-state index in [1.807, 2.05) is 19.0 Å². The monoisotopic (exact) mass is 239 g/mol. The van der Waals surface area contributed by atoms with Crippen LogP contribution in [0.3, 0.4) is 0 Å². The predicted molar refractivity (Wildman–Crippen MR) is 63.3 cm³/mol. The van der Waals surface area contributed by atoms with Crippen LogP contribution in [-0.2, 0) is 13.0 Å². The highest BCUT2D eigenvalue weighted by Crippen LogP contribution is 2.40. The molecular formula is C13H18FNO2. The van der Waals surface area contributed by atoms with Gasteiger partial charge in [0.15, 0.2) is 11.6 Å². The third kappa shape index (κ3) is 2.96. The van der Waals surface area contributed by atoms with Crippen molar-refractivity contribution in [2.75, 3.05) is 14.1 Å². The Bertz CT molecular complexity index is 428. The summed E-state index contributed by atoms with van der Waals surface area (Å²) in [7, 11) is 3.80. The number of halogens is 1. The minimum absolute atomic E-state index is 0.326. The van der Waals surface area contributed by atoms with E-state index in [4.69, 9.17) is 0 Å². The van der Waals surface area contributed by atoms with Gasteiger partial charge in [-0.1, -0.05) is 6.07 Å². The van der Waals surface area contributed by atoms with Gasteiger partial charge >= 0.3 is 0 Å². The van der Waals surface area contributed by atoms with Gasteiger partial charge in [-0.05, 0) is 38.6 Å². The Morgan fingerprint density at radius 3 is 2.53 bits per heavy atom. The van der Waals surface area contributed by atoms with Crippen molar-refractivity contribution in [1.82, 2.24) is 4.90 Å². The molecule has 0 amide bonds. The molecule has 0 bridgehead atoms. The van der Waals surface area contributed by atoms with Crippen molar-refractivity contribution in [3.05, 3.63) is 29.1 Å². The van der Waals surface area contributed by atoms with E-state index in [2.05, 4.69) is 0 Å². The van der Waals surface area contributed by atoms with Gasteiger partial charge in [0.1, 0.15) is 0 Å². The van der Waals surface area contributed by atoms with Crippen molar-refractivity contribution < 1.29 is 14.6 Å². The molecule has 1 fully saturated rings. The molecule has 0 spiro atoms. The van der Waals surface area contributed by atoms with Gasteiger partial charge in [-0.15, -0.1) is 0 Å². The lowest BCUT2D eigenvalue weighted by atomic mass is 10.0. The van der Waals surface area contributed by atoms with Crippen molar-refractivity contribution in [2.45, 2.75) is 31.4 Å². The normalized spacial score (nSPS) is 17.5. The van der Waals surface area contributed by atoms with Crippen LogP contribution in [0.4, 0.5) is 4.39 Å². The zero-order chi connectivity index (χ0) is 12.6. The lowest BCUT2D eigenvalue weighted by molar-refractivity contribution is 0.149. The first-order valence-electron chi connectivity index (χ1n) is 5.77. The Labute approximate surface area is 100 Å². The van der Waals surface area contributed by atoms with E-state index in [-0.39, 0.29) is 5.75 Å². The Hall–Kier alpha value is -1.13. The largest absolute Gasteiger partial charge is 0.505 e. The molecule has 1 saturated carbocycles. The molecule has 0 saturated heterocycles. The Morgan fingerprint density at radius 2 is 2.00 bits per heavy atom. The molecule has 0 aromatic heterocycles. The van der Waals surface area contributed by atoms with Crippen LogP contribution in [0.25, 0.3) is 0 Å². The van der Waals surface area contributed by atoms with E-state index < -0.39 is 11.4 Å². The number of aromatic hydroxyl groups is 1. The van der Waals surface area contributed by atoms with Gasteiger partial charge in [0.25, 0.3) is 0 Å². The molecule has 3 nitrogen and oxygen atoms in total. The molecule has 1 aromatic rings. The minimum Gasteiger partial charge on any atom is -0.505 e. The van der Waals surface area contributed by atoms with Crippen LogP contribution in [0.5, 0.6) is 5.75 Å². The van der Waals surface area contributed by atoms with Gasteiger partial charge in [-0.25, -0.2) is 4.39 Å². The lowest BCUT2D eigenvalue weighted by Gasteiger charge is -2.14. The fraction of sp³-hybridized carbons (Fsp3) is 0.538. The molecule has 0 radical (unpaired) electrons. The summed E-state index contributed by atoms with van der Waals surface area (Å²) in [6, 6.07) is 3.12. The minimum atomic E-state index is -0.722. The SMILES string of the molecule is CN(C)Cc1cc(F)c(O)c(CC2(O)CC2)c1. The molecule has 1 aliphatic carbocycles. The number of phenolic OH excluding ortho intramolecular Hbond substituents is 1. The van der Waals surface area contributed by atoms with Gasteiger partial charge in [0, 0.05) is 18.5 Å². The first-order valence-corrected chi connectivity index (χ1v) is 5.77. The van der Waals surface area contributed by atoms with Crippen molar-refractivity contribution in [2.24, 2.45) is 0 Å². The maximum absolute atomic E-state index is 13.5. The second-order valence-corrected chi connectivity index (χ2v) is 5.22. The van der Waals surface area contributed by atoms with E-state index in [1.54, 1.807) is 6.07 Å². The Kier molecular flexibility index (Phi) is 3.10. The summed E-state index contributed by atoms with van der Waals surface area (Å²) >= 11 is 0. The quantitative estimate of drug-likeness (QED) is 0.840. The zero-order valence-corrected chi connectivity index (χ0v) is 10.2. The van der Waals surface area contributed by atoms with Crippen LogP contribution >= 0.6 is 0 Å². The average molecular weight is 239 g/mol. The first kappa shape index (κ1) is 12.3. The van der Waals surface area contributed by atoms with Gasteiger partial charge in [-0.2, -0.15) is 0 Å². The summed E-state index contributed by atoms with van der Waals surface area (Å²) < 4.78 is 13.5. The molecule has 1 aromatic carbocycles. The summed E-state index contributed by atoms with van der Waals surface area (Å²) in [5.41, 5.74) is 0.590. The molecule has 0 atom stereocenters. The summed E-state index contributed by atoms with van der Waals surface area (Å²) in [5, 5.41) is 19.5. The average Bonchev–Trinajstić information content (AvgIpc) is 2.91. The molecule has 0 heterocycles. The van der Waals surface area contributed by atoms with E-state index in [9.17, 15) is 14.6 Å². The van der Waals surface area contributed by atoms with Crippen LogP contribution in [0.15, 0.2) is 12.1 Å². The van der Waals surface area contributed by atoms with Gasteiger partial charge < -0.3 is 15.1 Å². The number of aliphatic hydroxyl groups is 1. The van der Waals surface area contributed by atoms with Crippen LogP contribution < -0.4 is 0 Å². The number of hydrogen-bond acceptors (Lipinski definition) is 3. The number of phenols is 1. The standard InChI is InChI=1S/C13H18FNO2/c1-15(2)8-9-5-10(7-13(17)3-4-13)12(16)11(14)6-9/h5-6,16-17H,3-4,7-8H2,1-2H3. The second kappa shape index (κ2) is 4.27. The third-order valence-corrected chi connectivity index (χ3v) is 3.05. The topological polar surface area (TPSA) is 43.7 Å². The number of benzene rings is 1. The van der Waals surface area contributed by atoms with Crippen molar-refractivity contribution >= 4 is 0 Å². The predicted octanol–water partition coefficient (Wildman–Crippen LogP) is 1.66. The number of rotatable bonds is 4. The summed E-state index contributed by atoms with van der Waals surface area (Å²) in [4.78, 5) is 1.93. The second-order valence-electron chi connectivity index (χ2n) is 5.22. The number of nitrogens with zero attached hydrogens (tertiary/aromatic N) is 1. The number of hydrogen-bond donors (Lipinski definition) is 2. The summed E-state index contributed by atoms with van der Waals surface area (Å²) in [5.74, 6) is -0.934. The molecule has 1 aliphatic rings. The Balaban J connectivity index is 2.26. The molecule has 0 aliphatic heterocycles. The molecule has 94 valence electrons. The highest BCUT2D eigenvalue weighted by atomic mass is 19.1. The van der Waals surface area contributed by atoms with E-state index in [0.29, 0.717) is 18.5 Å². The summed E-state index contributed by atoms with van der Waals surface area (Å²) in [6.45, 7) is 0.614. The lowest BCUT2D eigenvalue weighted by Crippen LogP contribution is -2.14. The molecular weight excluding hydrogens is 221 g/mol. The molecule has 2 N–H and O–H groups in total. The van der Waals surface area contributed by atoms with Crippen molar-refractivity contribution in [3.8, 4) is 5.75 Å². The molecule has 0 unspecified atom stereocenters. The maximum Gasteiger partial charge on any atom is 0.165 e. The Morgan fingerprint density at radius 1 is 1.35 bits per heavy atom. The smallest absolute Gasteiger partial charge is 0.165 e. The van der Waals surface area contributed by atoms with Crippen molar-refractivity contribution in [3.63, 3.8) is 0 Å². The fourth-order valence-electron chi connectivity index (χ4n) is 1.99. The van der Waals surface area contributed by atoms with Crippen LogP contribution in [0, 0.1) is 5.82 Å². The van der Waals surface area contributed by atoms with Gasteiger partial charge in [-0.3, -0.25) is 0 Å². The molecule has 2 rings (SSSR count). The van der Waals surface area contributed by atoms with E-state index in [1.165, 1.54) is 6.07 Å². The third-order valence-electron chi connectivity index (χ3n) is 3.05. The van der Waals surface area contributed by atoms with Crippen LogP contribution in [0.1, 0.15) is 24.0 Å². The van der Waals surface area contributed by atoms with Crippen LogP contribution in [-0.4, -0.2) is 34.8 Å². The highest BCUT2D eigenvalue weighted by molar-refractivity contribution is 5.39. The zero-order valence-electron chi connectivity index (χ0n) is 10.2.